The van der Waals surface area contributed by atoms with Gasteiger partial charge >= 0.3 is 0 Å². The fourth-order valence-electron chi connectivity index (χ4n) is 3.09. The first kappa shape index (κ1) is 16.9. The average molecular weight is 384 g/mol. The number of nitrogens with zero attached hydrogens (tertiary/aromatic N) is 2. The highest BCUT2D eigenvalue weighted by molar-refractivity contribution is 6.36. The molecule has 0 fully saturated rings. The Morgan fingerprint density at radius 3 is 2.77 bits per heavy atom. The summed E-state index contributed by atoms with van der Waals surface area (Å²) < 4.78 is 0. The van der Waals surface area contributed by atoms with E-state index >= 15 is 0 Å². The van der Waals surface area contributed by atoms with Gasteiger partial charge in [0.25, 0.3) is 5.91 Å². The lowest BCUT2D eigenvalue weighted by Crippen LogP contribution is -2.16. The fourth-order valence-corrected chi connectivity index (χ4v) is 3.55. The van der Waals surface area contributed by atoms with Crippen molar-refractivity contribution < 1.29 is 4.79 Å². The van der Waals surface area contributed by atoms with Crippen LogP contribution in [0.5, 0.6) is 0 Å². The molecular formula is C20H15Cl2N3O. The summed E-state index contributed by atoms with van der Waals surface area (Å²) in [4.78, 5) is 19.0. The van der Waals surface area contributed by atoms with Crippen LogP contribution in [-0.4, -0.2) is 17.4 Å². The second kappa shape index (κ2) is 6.98. The number of amides is 1. The van der Waals surface area contributed by atoms with Crippen LogP contribution >= 0.6 is 23.2 Å². The predicted molar refractivity (Wildman–Crippen MR) is 106 cm³/mol. The number of nitrogens with one attached hydrogen (secondary N) is 1. The zero-order chi connectivity index (χ0) is 18.1. The van der Waals surface area contributed by atoms with Crippen molar-refractivity contribution in [3.05, 3.63) is 82.1 Å². The number of pyridine rings is 1. The van der Waals surface area contributed by atoms with Crippen LogP contribution in [-0.2, 0) is 6.42 Å². The lowest BCUT2D eigenvalue weighted by molar-refractivity contribution is 0.102. The first-order valence-corrected chi connectivity index (χ1v) is 8.94. The minimum atomic E-state index is -0.268. The predicted octanol–water partition coefficient (Wildman–Crippen LogP) is 5.33. The number of aromatic nitrogens is 1. The van der Waals surface area contributed by atoms with Gasteiger partial charge in [-0.25, -0.2) is 0 Å². The van der Waals surface area contributed by atoms with E-state index in [2.05, 4.69) is 27.3 Å². The molecule has 0 unspecified atom stereocenters. The van der Waals surface area contributed by atoms with Crippen molar-refractivity contribution >= 4 is 46.2 Å². The number of rotatable bonds is 3. The van der Waals surface area contributed by atoms with E-state index < -0.39 is 0 Å². The van der Waals surface area contributed by atoms with Crippen molar-refractivity contribution in [2.75, 3.05) is 16.8 Å². The van der Waals surface area contributed by atoms with Crippen LogP contribution in [0.1, 0.15) is 15.9 Å². The highest BCUT2D eigenvalue weighted by Gasteiger charge is 2.21. The second-order valence-corrected chi connectivity index (χ2v) is 6.88. The van der Waals surface area contributed by atoms with E-state index in [0.29, 0.717) is 21.3 Å². The summed E-state index contributed by atoms with van der Waals surface area (Å²) in [5.41, 5.74) is 4.34. The molecule has 2 heterocycles. The van der Waals surface area contributed by atoms with Crippen LogP contribution < -0.4 is 10.2 Å². The molecule has 1 amide bonds. The number of hydrogen-bond acceptors (Lipinski definition) is 3. The summed E-state index contributed by atoms with van der Waals surface area (Å²) in [7, 11) is 0. The van der Waals surface area contributed by atoms with Gasteiger partial charge in [-0.05, 0) is 42.3 Å². The summed E-state index contributed by atoms with van der Waals surface area (Å²) in [6.45, 7) is 0.870. The normalized spacial score (nSPS) is 12.8. The monoisotopic (exact) mass is 383 g/mol. The first-order valence-electron chi connectivity index (χ1n) is 8.19. The van der Waals surface area contributed by atoms with E-state index in [1.807, 2.05) is 18.2 Å². The summed E-state index contributed by atoms with van der Waals surface area (Å²) >= 11 is 12.0. The van der Waals surface area contributed by atoms with E-state index in [-0.39, 0.29) is 5.91 Å². The van der Waals surface area contributed by atoms with E-state index in [4.69, 9.17) is 23.2 Å². The van der Waals surface area contributed by atoms with E-state index in [1.54, 1.807) is 30.6 Å². The third-order valence-electron chi connectivity index (χ3n) is 4.36. The SMILES string of the molecule is O=C(Nc1ccc(Cl)cc1Cl)c1cncc(N2CCc3ccccc32)c1. The Hall–Kier alpha value is -2.56. The molecule has 130 valence electrons. The molecule has 1 N–H and O–H groups in total. The number of hydrogen-bond donors (Lipinski definition) is 1. The zero-order valence-electron chi connectivity index (χ0n) is 13.7. The Balaban J connectivity index is 1.59. The highest BCUT2D eigenvalue weighted by atomic mass is 35.5. The number of anilines is 3. The van der Waals surface area contributed by atoms with Gasteiger partial charge in [-0.3, -0.25) is 9.78 Å². The molecule has 1 aliphatic heterocycles. The number of carbonyl (C=O) groups is 1. The molecule has 6 heteroatoms. The highest BCUT2D eigenvalue weighted by Crippen LogP contribution is 2.34. The van der Waals surface area contributed by atoms with Crippen molar-refractivity contribution in [2.24, 2.45) is 0 Å². The molecule has 0 saturated heterocycles. The standard InChI is InChI=1S/C20H15Cl2N3O/c21-15-5-6-18(17(22)10-15)24-20(26)14-9-16(12-23-11-14)25-8-7-13-3-1-2-4-19(13)25/h1-6,9-12H,7-8H2,(H,24,26). The Morgan fingerprint density at radius 2 is 1.92 bits per heavy atom. The summed E-state index contributed by atoms with van der Waals surface area (Å²) in [5, 5.41) is 3.71. The topological polar surface area (TPSA) is 45.2 Å². The fraction of sp³-hybridized carbons (Fsp3) is 0.100. The largest absolute Gasteiger partial charge is 0.340 e. The number of benzene rings is 2. The molecule has 0 spiro atoms. The molecule has 0 radical (unpaired) electrons. The van der Waals surface area contributed by atoms with Crippen molar-refractivity contribution in [1.82, 2.24) is 4.98 Å². The molecule has 4 nitrogen and oxygen atoms in total. The van der Waals surface area contributed by atoms with Crippen molar-refractivity contribution in [3.8, 4) is 0 Å². The average Bonchev–Trinajstić information content (AvgIpc) is 3.08. The minimum Gasteiger partial charge on any atom is -0.340 e. The van der Waals surface area contributed by atoms with Gasteiger partial charge in [-0.1, -0.05) is 41.4 Å². The summed E-state index contributed by atoms with van der Waals surface area (Å²) in [5.74, 6) is -0.268. The molecule has 26 heavy (non-hydrogen) atoms. The number of carbonyl (C=O) groups excluding carboxylic acids is 1. The van der Waals surface area contributed by atoms with Crippen LogP contribution in [0.2, 0.25) is 10.0 Å². The quantitative estimate of drug-likeness (QED) is 0.664. The Labute approximate surface area is 161 Å². The zero-order valence-corrected chi connectivity index (χ0v) is 15.3. The van der Waals surface area contributed by atoms with Crippen LogP contribution in [0, 0.1) is 0 Å². The molecule has 1 aromatic heterocycles. The third-order valence-corrected chi connectivity index (χ3v) is 4.91. The second-order valence-electron chi connectivity index (χ2n) is 6.04. The summed E-state index contributed by atoms with van der Waals surface area (Å²) in [6.07, 6.45) is 4.30. The Bertz CT molecular complexity index is 990. The van der Waals surface area contributed by atoms with Gasteiger partial charge in [-0.2, -0.15) is 0 Å². The Morgan fingerprint density at radius 1 is 1.08 bits per heavy atom. The molecule has 3 aromatic rings. The van der Waals surface area contributed by atoms with Crippen LogP contribution in [0.25, 0.3) is 0 Å². The maximum atomic E-state index is 12.6. The molecular weight excluding hydrogens is 369 g/mol. The maximum Gasteiger partial charge on any atom is 0.257 e. The van der Waals surface area contributed by atoms with Gasteiger partial charge in [0.05, 0.1) is 28.2 Å². The molecule has 0 aliphatic carbocycles. The van der Waals surface area contributed by atoms with Crippen molar-refractivity contribution in [2.45, 2.75) is 6.42 Å². The van der Waals surface area contributed by atoms with Gasteiger partial charge < -0.3 is 10.2 Å². The number of para-hydroxylation sites is 1. The van der Waals surface area contributed by atoms with Gasteiger partial charge in [0.15, 0.2) is 0 Å². The molecule has 1 aliphatic rings. The Kier molecular flexibility index (Phi) is 4.53. The molecule has 0 atom stereocenters. The third kappa shape index (κ3) is 3.26. The number of halogens is 2. The van der Waals surface area contributed by atoms with Gasteiger partial charge in [0.1, 0.15) is 0 Å². The maximum absolute atomic E-state index is 12.6. The van der Waals surface area contributed by atoms with Crippen LogP contribution in [0.3, 0.4) is 0 Å². The molecule has 0 saturated carbocycles. The van der Waals surface area contributed by atoms with Gasteiger partial charge in [0, 0.05) is 23.5 Å². The molecule has 4 rings (SSSR count). The van der Waals surface area contributed by atoms with E-state index in [9.17, 15) is 4.79 Å². The summed E-state index contributed by atoms with van der Waals surface area (Å²) in [6, 6.07) is 15.1. The minimum absolute atomic E-state index is 0.268. The lowest BCUT2D eigenvalue weighted by Gasteiger charge is -2.19. The van der Waals surface area contributed by atoms with Crippen molar-refractivity contribution in [1.29, 1.82) is 0 Å². The van der Waals surface area contributed by atoms with Gasteiger partial charge in [0.2, 0.25) is 0 Å². The first-order chi connectivity index (χ1) is 12.6. The number of fused-ring (bicyclic) bond motifs is 1. The van der Waals surface area contributed by atoms with Crippen LogP contribution in [0.15, 0.2) is 60.9 Å². The van der Waals surface area contributed by atoms with E-state index in [0.717, 1.165) is 24.3 Å². The van der Waals surface area contributed by atoms with E-state index in [1.165, 1.54) is 5.56 Å². The van der Waals surface area contributed by atoms with Crippen molar-refractivity contribution in [3.63, 3.8) is 0 Å². The molecule has 0 bridgehead atoms. The molecule has 2 aromatic carbocycles. The lowest BCUT2D eigenvalue weighted by atomic mass is 10.2. The smallest absolute Gasteiger partial charge is 0.257 e. The van der Waals surface area contributed by atoms with Gasteiger partial charge in [-0.15, -0.1) is 0 Å². The van der Waals surface area contributed by atoms with Crippen LogP contribution in [0.4, 0.5) is 17.1 Å².